The average molecular weight is 307 g/mol. The molecule has 4 heteroatoms. The number of nitrogens with two attached hydrogens (primary N) is 1. The summed E-state index contributed by atoms with van der Waals surface area (Å²) in [7, 11) is 1.88. The predicted molar refractivity (Wildman–Crippen MR) is 87.3 cm³/mol. The molecule has 2 rings (SSSR count). The fraction of sp³-hybridized carbons (Fsp3) is 0.294. The molecule has 0 heterocycles. The number of hydrogen-bond donors (Lipinski definition) is 1. The molecular formula is C17H20ClFN2. The molecule has 0 aromatic heterocycles. The summed E-state index contributed by atoms with van der Waals surface area (Å²) in [6.07, 6.45) is 0. The number of anilines is 1. The van der Waals surface area contributed by atoms with Crippen LogP contribution in [-0.4, -0.2) is 7.05 Å². The molecule has 0 aliphatic heterocycles. The quantitative estimate of drug-likeness (QED) is 0.887. The van der Waals surface area contributed by atoms with Crippen LogP contribution in [0.25, 0.3) is 0 Å². The minimum atomic E-state index is -0.256. The maximum Gasteiger partial charge on any atom is 0.146 e. The van der Waals surface area contributed by atoms with Crippen LogP contribution in [0.3, 0.4) is 0 Å². The average Bonchev–Trinajstić information content (AvgIpc) is 2.46. The van der Waals surface area contributed by atoms with Crippen molar-refractivity contribution >= 4 is 17.3 Å². The van der Waals surface area contributed by atoms with Crippen LogP contribution in [0.5, 0.6) is 0 Å². The Bertz CT molecular complexity index is 611. The van der Waals surface area contributed by atoms with Gasteiger partial charge in [-0.3, -0.25) is 0 Å². The van der Waals surface area contributed by atoms with Crippen molar-refractivity contribution < 1.29 is 4.39 Å². The number of nitrogens with zero attached hydrogens (tertiary/aromatic N) is 1. The first-order valence-electron chi connectivity index (χ1n) is 6.93. The summed E-state index contributed by atoms with van der Waals surface area (Å²) >= 11 is 5.90. The summed E-state index contributed by atoms with van der Waals surface area (Å²) in [5, 5.41) is 0.695. The van der Waals surface area contributed by atoms with Gasteiger partial charge < -0.3 is 10.6 Å². The van der Waals surface area contributed by atoms with E-state index >= 15 is 0 Å². The molecule has 2 aromatic rings. The van der Waals surface area contributed by atoms with E-state index in [1.807, 2.05) is 56.1 Å². The molecule has 2 atom stereocenters. The molecule has 0 amide bonds. The maximum absolute atomic E-state index is 14.3. The number of benzene rings is 2. The molecule has 0 spiro atoms. The lowest BCUT2D eigenvalue weighted by atomic mass is 10.0. The zero-order valence-corrected chi connectivity index (χ0v) is 13.2. The standard InChI is InChI=1S/C17H20ClFN2/c1-11(20)14-6-9-17(16(19)10-14)21(3)12(2)13-4-7-15(18)8-5-13/h4-12H,20H2,1-3H3/t11-,12?/m0/s1. The van der Waals surface area contributed by atoms with E-state index in [2.05, 4.69) is 0 Å². The van der Waals surface area contributed by atoms with Crippen LogP contribution in [0.4, 0.5) is 10.1 Å². The van der Waals surface area contributed by atoms with Gasteiger partial charge in [0.1, 0.15) is 5.82 Å². The predicted octanol–water partition coefficient (Wildman–Crippen LogP) is 4.70. The van der Waals surface area contributed by atoms with E-state index in [4.69, 9.17) is 17.3 Å². The Kier molecular flexibility index (Phi) is 4.86. The first-order chi connectivity index (χ1) is 9.90. The van der Waals surface area contributed by atoms with Crippen LogP contribution in [-0.2, 0) is 0 Å². The van der Waals surface area contributed by atoms with Crippen LogP contribution in [0.1, 0.15) is 37.1 Å². The van der Waals surface area contributed by atoms with Gasteiger partial charge in [0.2, 0.25) is 0 Å². The van der Waals surface area contributed by atoms with Gasteiger partial charge in [0.25, 0.3) is 0 Å². The Balaban J connectivity index is 2.26. The lowest BCUT2D eigenvalue weighted by molar-refractivity contribution is 0.607. The highest BCUT2D eigenvalue weighted by atomic mass is 35.5. The van der Waals surface area contributed by atoms with Gasteiger partial charge >= 0.3 is 0 Å². The minimum Gasteiger partial charge on any atom is -0.365 e. The van der Waals surface area contributed by atoms with E-state index in [1.54, 1.807) is 6.07 Å². The highest BCUT2D eigenvalue weighted by Gasteiger charge is 2.16. The third-order valence-electron chi connectivity index (χ3n) is 3.81. The molecule has 0 saturated carbocycles. The Morgan fingerprint density at radius 2 is 1.62 bits per heavy atom. The lowest BCUT2D eigenvalue weighted by Gasteiger charge is -2.28. The van der Waals surface area contributed by atoms with E-state index < -0.39 is 0 Å². The van der Waals surface area contributed by atoms with Gasteiger partial charge in [-0.1, -0.05) is 29.8 Å². The third kappa shape index (κ3) is 3.55. The maximum atomic E-state index is 14.3. The minimum absolute atomic E-state index is 0.0397. The first-order valence-corrected chi connectivity index (χ1v) is 7.31. The molecule has 2 N–H and O–H groups in total. The van der Waals surface area contributed by atoms with Gasteiger partial charge in [-0.15, -0.1) is 0 Å². The summed E-state index contributed by atoms with van der Waals surface area (Å²) in [6, 6.07) is 12.6. The summed E-state index contributed by atoms with van der Waals surface area (Å²) in [6.45, 7) is 3.87. The second-order valence-corrected chi connectivity index (χ2v) is 5.77. The first kappa shape index (κ1) is 15.8. The summed E-state index contributed by atoms with van der Waals surface area (Å²) < 4.78 is 14.3. The third-order valence-corrected chi connectivity index (χ3v) is 4.06. The largest absolute Gasteiger partial charge is 0.365 e. The van der Waals surface area contributed by atoms with E-state index in [-0.39, 0.29) is 17.9 Å². The molecule has 21 heavy (non-hydrogen) atoms. The van der Waals surface area contributed by atoms with Crippen molar-refractivity contribution in [1.29, 1.82) is 0 Å². The van der Waals surface area contributed by atoms with E-state index in [9.17, 15) is 4.39 Å². The normalized spacial score (nSPS) is 13.8. The highest BCUT2D eigenvalue weighted by molar-refractivity contribution is 6.30. The van der Waals surface area contributed by atoms with Crippen molar-refractivity contribution in [2.24, 2.45) is 5.73 Å². The van der Waals surface area contributed by atoms with Crippen LogP contribution >= 0.6 is 11.6 Å². The van der Waals surface area contributed by atoms with E-state index in [0.29, 0.717) is 10.7 Å². The molecule has 0 saturated heterocycles. The number of rotatable bonds is 4. The molecule has 0 radical (unpaired) electrons. The van der Waals surface area contributed by atoms with Crippen molar-refractivity contribution in [2.75, 3.05) is 11.9 Å². The van der Waals surface area contributed by atoms with Crippen molar-refractivity contribution in [3.05, 3.63) is 64.4 Å². The topological polar surface area (TPSA) is 29.3 Å². The zero-order valence-electron chi connectivity index (χ0n) is 12.5. The highest BCUT2D eigenvalue weighted by Crippen LogP contribution is 2.29. The fourth-order valence-corrected chi connectivity index (χ4v) is 2.39. The number of halogens is 2. The fourth-order valence-electron chi connectivity index (χ4n) is 2.27. The molecular weight excluding hydrogens is 287 g/mol. The smallest absolute Gasteiger partial charge is 0.146 e. The summed E-state index contributed by atoms with van der Waals surface area (Å²) in [4.78, 5) is 1.91. The van der Waals surface area contributed by atoms with Crippen LogP contribution in [0, 0.1) is 5.82 Å². The SMILES string of the molecule is CC(c1ccc(Cl)cc1)N(C)c1ccc([C@H](C)N)cc1F. The molecule has 0 fully saturated rings. The lowest BCUT2D eigenvalue weighted by Crippen LogP contribution is -2.22. The monoisotopic (exact) mass is 306 g/mol. The van der Waals surface area contributed by atoms with Gasteiger partial charge in [0, 0.05) is 18.1 Å². The van der Waals surface area contributed by atoms with Crippen molar-refractivity contribution in [2.45, 2.75) is 25.9 Å². The van der Waals surface area contributed by atoms with Crippen LogP contribution < -0.4 is 10.6 Å². The van der Waals surface area contributed by atoms with Gasteiger partial charge in [-0.25, -0.2) is 4.39 Å². The molecule has 112 valence electrons. The van der Waals surface area contributed by atoms with Crippen molar-refractivity contribution in [3.8, 4) is 0 Å². The van der Waals surface area contributed by atoms with Gasteiger partial charge in [0.05, 0.1) is 11.7 Å². The Labute approximate surface area is 130 Å². The summed E-state index contributed by atoms with van der Waals surface area (Å²) in [5.74, 6) is -0.256. The molecule has 1 unspecified atom stereocenters. The number of hydrogen-bond acceptors (Lipinski definition) is 2. The Hall–Kier alpha value is -1.58. The second-order valence-electron chi connectivity index (χ2n) is 5.34. The van der Waals surface area contributed by atoms with E-state index in [1.165, 1.54) is 6.07 Å². The van der Waals surface area contributed by atoms with E-state index in [0.717, 1.165) is 11.1 Å². The van der Waals surface area contributed by atoms with Crippen LogP contribution in [0.15, 0.2) is 42.5 Å². The van der Waals surface area contributed by atoms with Crippen molar-refractivity contribution in [3.63, 3.8) is 0 Å². The molecule has 2 aromatic carbocycles. The molecule has 0 aliphatic carbocycles. The molecule has 2 nitrogen and oxygen atoms in total. The Morgan fingerprint density at radius 1 is 1.05 bits per heavy atom. The van der Waals surface area contributed by atoms with Gasteiger partial charge in [-0.05, 0) is 49.2 Å². The molecule has 0 bridgehead atoms. The van der Waals surface area contributed by atoms with Gasteiger partial charge in [-0.2, -0.15) is 0 Å². The zero-order chi connectivity index (χ0) is 15.6. The second kappa shape index (κ2) is 6.46. The molecule has 0 aliphatic rings. The van der Waals surface area contributed by atoms with Crippen molar-refractivity contribution in [1.82, 2.24) is 0 Å². The Morgan fingerprint density at radius 3 is 2.14 bits per heavy atom. The van der Waals surface area contributed by atoms with Crippen LogP contribution in [0.2, 0.25) is 5.02 Å². The summed E-state index contributed by atoms with van der Waals surface area (Å²) in [5.41, 5.74) is 8.21. The van der Waals surface area contributed by atoms with Gasteiger partial charge in [0.15, 0.2) is 0 Å².